The molecule has 4 rings (SSSR count). The summed E-state index contributed by atoms with van der Waals surface area (Å²) in [7, 11) is 1.75. The Balaban J connectivity index is 1.29. The lowest BCUT2D eigenvalue weighted by Gasteiger charge is -2.03. The van der Waals surface area contributed by atoms with Gasteiger partial charge in [-0.3, -0.25) is 14.5 Å². The van der Waals surface area contributed by atoms with Gasteiger partial charge in [0.25, 0.3) is 5.91 Å². The maximum Gasteiger partial charge on any atom is 0.270 e. The van der Waals surface area contributed by atoms with Gasteiger partial charge in [-0.25, -0.2) is 0 Å². The summed E-state index contributed by atoms with van der Waals surface area (Å²) in [6.07, 6.45) is 1.75. The fourth-order valence-electron chi connectivity index (χ4n) is 3.01. The molecule has 0 saturated heterocycles. The van der Waals surface area contributed by atoms with E-state index in [1.54, 1.807) is 24.0 Å². The molecular weight excluding hydrogens is 376 g/mol. The van der Waals surface area contributed by atoms with Crippen LogP contribution in [0.25, 0.3) is 22.2 Å². The molecule has 0 bridgehead atoms. The summed E-state index contributed by atoms with van der Waals surface area (Å²) < 4.78 is 7.21. The van der Waals surface area contributed by atoms with Gasteiger partial charge in [0.05, 0.1) is 17.8 Å². The summed E-state index contributed by atoms with van der Waals surface area (Å²) in [6, 6.07) is 21.1. The fraction of sp³-hybridized carbons (Fsp3) is 0.125. The minimum atomic E-state index is -0.219. The quantitative estimate of drug-likeness (QED) is 0.525. The summed E-state index contributed by atoms with van der Waals surface area (Å²) in [5.41, 5.74) is 3.08. The SMILES string of the molecule is Cn1nc(-c2ccccc2)cc1C(=O)NCC#CCOc1ccc2cccnc2c1. The summed E-state index contributed by atoms with van der Waals surface area (Å²) in [5.74, 6) is 6.30. The molecule has 0 radical (unpaired) electrons. The summed E-state index contributed by atoms with van der Waals surface area (Å²) in [4.78, 5) is 16.7. The topological polar surface area (TPSA) is 69.0 Å². The van der Waals surface area contributed by atoms with Gasteiger partial charge in [-0.15, -0.1) is 0 Å². The van der Waals surface area contributed by atoms with Gasteiger partial charge < -0.3 is 10.1 Å². The Kier molecular flexibility index (Phi) is 5.72. The van der Waals surface area contributed by atoms with E-state index in [2.05, 4.69) is 27.2 Å². The van der Waals surface area contributed by atoms with Gasteiger partial charge in [0, 0.05) is 30.3 Å². The molecule has 0 atom stereocenters. The van der Waals surface area contributed by atoms with Gasteiger partial charge >= 0.3 is 0 Å². The largest absolute Gasteiger partial charge is 0.481 e. The molecule has 0 aliphatic rings. The van der Waals surface area contributed by atoms with Gasteiger partial charge in [0.1, 0.15) is 18.1 Å². The Labute approximate surface area is 174 Å². The molecule has 2 aromatic heterocycles. The molecule has 6 nitrogen and oxygen atoms in total. The van der Waals surface area contributed by atoms with Crippen molar-refractivity contribution >= 4 is 16.8 Å². The number of ether oxygens (including phenoxy) is 1. The van der Waals surface area contributed by atoms with Crippen LogP contribution in [0.1, 0.15) is 10.5 Å². The number of pyridine rings is 1. The number of fused-ring (bicyclic) bond motifs is 1. The van der Waals surface area contributed by atoms with Crippen LogP contribution < -0.4 is 10.1 Å². The Morgan fingerprint density at radius 2 is 1.93 bits per heavy atom. The molecule has 1 amide bonds. The average Bonchev–Trinajstić information content (AvgIpc) is 3.18. The minimum absolute atomic E-state index is 0.219. The number of nitrogens with zero attached hydrogens (tertiary/aromatic N) is 3. The fourth-order valence-corrected chi connectivity index (χ4v) is 3.01. The number of hydrogen-bond donors (Lipinski definition) is 1. The van der Waals surface area contributed by atoms with Crippen molar-refractivity contribution in [3.63, 3.8) is 0 Å². The van der Waals surface area contributed by atoms with Crippen molar-refractivity contribution in [2.24, 2.45) is 7.05 Å². The van der Waals surface area contributed by atoms with E-state index in [9.17, 15) is 4.79 Å². The molecule has 148 valence electrons. The molecule has 30 heavy (non-hydrogen) atoms. The van der Waals surface area contributed by atoms with Crippen molar-refractivity contribution in [3.8, 4) is 28.8 Å². The predicted octanol–water partition coefficient (Wildman–Crippen LogP) is 3.45. The number of nitrogens with one attached hydrogen (secondary N) is 1. The zero-order valence-corrected chi connectivity index (χ0v) is 16.5. The molecule has 4 aromatic rings. The van der Waals surface area contributed by atoms with Crippen molar-refractivity contribution in [3.05, 3.63) is 78.6 Å². The van der Waals surface area contributed by atoms with E-state index in [1.165, 1.54) is 0 Å². The van der Waals surface area contributed by atoms with Crippen molar-refractivity contribution < 1.29 is 9.53 Å². The van der Waals surface area contributed by atoms with Gasteiger partial charge in [0.15, 0.2) is 0 Å². The van der Waals surface area contributed by atoms with Crippen molar-refractivity contribution in [2.45, 2.75) is 0 Å². The lowest BCUT2D eigenvalue weighted by molar-refractivity contribution is 0.0949. The van der Waals surface area contributed by atoms with E-state index in [-0.39, 0.29) is 19.1 Å². The van der Waals surface area contributed by atoms with Crippen LogP contribution in [-0.4, -0.2) is 33.8 Å². The first kappa shape index (κ1) is 19.2. The Morgan fingerprint density at radius 3 is 2.80 bits per heavy atom. The van der Waals surface area contributed by atoms with Crippen LogP contribution in [-0.2, 0) is 7.05 Å². The molecule has 0 saturated carbocycles. The first-order valence-corrected chi connectivity index (χ1v) is 9.52. The van der Waals surface area contributed by atoms with Crippen LogP contribution in [0.4, 0.5) is 0 Å². The standard InChI is InChI=1S/C24H20N4O2/c1-28-23(17-22(27-28)18-8-3-2-4-9-18)24(29)26-13-5-6-15-30-20-12-11-19-10-7-14-25-21(19)16-20/h2-4,7-12,14,16-17H,13,15H2,1H3,(H,26,29). The van der Waals surface area contributed by atoms with Gasteiger partial charge in [0.2, 0.25) is 0 Å². The third kappa shape index (κ3) is 4.47. The minimum Gasteiger partial charge on any atom is -0.481 e. The smallest absolute Gasteiger partial charge is 0.270 e. The Morgan fingerprint density at radius 1 is 1.07 bits per heavy atom. The zero-order valence-electron chi connectivity index (χ0n) is 16.5. The molecule has 0 aliphatic carbocycles. The molecule has 0 aliphatic heterocycles. The Bertz CT molecular complexity index is 1240. The maximum atomic E-state index is 12.4. The lowest BCUT2D eigenvalue weighted by atomic mass is 10.1. The van der Waals surface area contributed by atoms with E-state index in [0.29, 0.717) is 11.4 Å². The van der Waals surface area contributed by atoms with Gasteiger partial charge in [-0.2, -0.15) is 5.10 Å². The third-order valence-corrected chi connectivity index (χ3v) is 4.53. The second-order valence-electron chi connectivity index (χ2n) is 6.59. The van der Waals surface area contributed by atoms with Crippen LogP contribution in [0.15, 0.2) is 72.9 Å². The number of benzene rings is 2. The van der Waals surface area contributed by atoms with E-state index >= 15 is 0 Å². The van der Waals surface area contributed by atoms with E-state index in [4.69, 9.17) is 4.74 Å². The molecule has 6 heteroatoms. The number of carbonyl (C=O) groups is 1. The monoisotopic (exact) mass is 396 g/mol. The number of amides is 1. The van der Waals surface area contributed by atoms with Crippen LogP contribution in [0.2, 0.25) is 0 Å². The molecule has 1 N–H and O–H groups in total. The molecule has 2 heterocycles. The number of carbonyl (C=O) groups excluding carboxylic acids is 1. The van der Waals surface area contributed by atoms with E-state index < -0.39 is 0 Å². The normalized spacial score (nSPS) is 10.3. The van der Waals surface area contributed by atoms with Gasteiger partial charge in [-0.05, 0) is 24.3 Å². The summed E-state index contributed by atoms with van der Waals surface area (Å²) in [6.45, 7) is 0.464. The highest BCUT2D eigenvalue weighted by Crippen LogP contribution is 2.19. The van der Waals surface area contributed by atoms with Crippen molar-refractivity contribution in [2.75, 3.05) is 13.2 Å². The highest BCUT2D eigenvalue weighted by atomic mass is 16.5. The molecule has 2 aromatic carbocycles. The van der Waals surface area contributed by atoms with Crippen LogP contribution >= 0.6 is 0 Å². The number of hydrogen-bond acceptors (Lipinski definition) is 4. The molecule has 0 unspecified atom stereocenters. The number of aryl methyl sites for hydroxylation is 1. The summed E-state index contributed by atoms with van der Waals surface area (Å²) in [5, 5.41) is 8.26. The summed E-state index contributed by atoms with van der Waals surface area (Å²) >= 11 is 0. The maximum absolute atomic E-state index is 12.4. The zero-order chi connectivity index (χ0) is 20.8. The van der Waals surface area contributed by atoms with Crippen molar-refractivity contribution in [1.82, 2.24) is 20.1 Å². The van der Waals surface area contributed by atoms with Gasteiger partial charge in [-0.1, -0.05) is 48.2 Å². The lowest BCUT2D eigenvalue weighted by Crippen LogP contribution is -2.25. The molecule has 0 fully saturated rings. The predicted molar refractivity (Wildman–Crippen MR) is 116 cm³/mol. The average molecular weight is 396 g/mol. The second kappa shape index (κ2) is 8.93. The van der Waals surface area contributed by atoms with E-state index in [1.807, 2.05) is 60.7 Å². The van der Waals surface area contributed by atoms with E-state index in [0.717, 1.165) is 22.2 Å². The molecular formula is C24H20N4O2. The van der Waals surface area contributed by atoms with Crippen LogP contribution in [0.5, 0.6) is 5.75 Å². The Hall–Kier alpha value is -4.11. The molecule has 0 spiro atoms. The third-order valence-electron chi connectivity index (χ3n) is 4.53. The second-order valence-corrected chi connectivity index (χ2v) is 6.59. The highest BCUT2D eigenvalue weighted by molar-refractivity contribution is 5.93. The van der Waals surface area contributed by atoms with Crippen LogP contribution in [0, 0.1) is 11.8 Å². The number of rotatable bonds is 5. The highest BCUT2D eigenvalue weighted by Gasteiger charge is 2.13. The van der Waals surface area contributed by atoms with Crippen LogP contribution in [0.3, 0.4) is 0 Å². The first-order valence-electron chi connectivity index (χ1n) is 9.52. The van der Waals surface area contributed by atoms with Crippen molar-refractivity contribution in [1.29, 1.82) is 0 Å². The number of aromatic nitrogens is 3. The first-order chi connectivity index (χ1) is 14.7.